The van der Waals surface area contributed by atoms with Crippen molar-refractivity contribution in [2.75, 3.05) is 19.0 Å². The van der Waals surface area contributed by atoms with Crippen molar-refractivity contribution in [2.45, 2.75) is 51.7 Å². The van der Waals surface area contributed by atoms with Crippen LogP contribution >= 0.6 is 0 Å². The predicted molar refractivity (Wildman–Crippen MR) is 95.2 cm³/mol. The van der Waals surface area contributed by atoms with Crippen molar-refractivity contribution in [2.24, 2.45) is 5.92 Å². The lowest BCUT2D eigenvalue weighted by atomic mass is 9.86. The number of carbonyl (C=O) groups is 2. The lowest BCUT2D eigenvalue weighted by Crippen LogP contribution is -2.46. The average molecular weight is 332 g/mol. The first-order valence-corrected chi connectivity index (χ1v) is 8.67. The molecule has 1 N–H and O–H groups in total. The largest absolute Gasteiger partial charge is 0.449 e. The Morgan fingerprint density at radius 1 is 1.25 bits per heavy atom. The van der Waals surface area contributed by atoms with Gasteiger partial charge in [-0.3, -0.25) is 4.79 Å². The van der Waals surface area contributed by atoms with E-state index < -0.39 is 12.1 Å². The van der Waals surface area contributed by atoms with Crippen molar-refractivity contribution < 1.29 is 14.3 Å². The maximum Gasteiger partial charge on any atom is 0.338 e. The fourth-order valence-corrected chi connectivity index (χ4v) is 3.02. The van der Waals surface area contributed by atoms with Crippen LogP contribution < -0.4 is 10.2 Å². The minimum atomic E-state index is -0.797. The zero-order chi connectivity index (χ0) is 17.7. The van der Waals surface area contributed by atoms with E-state index in [4.69, 9.17) is 4.74 Å². The van der Waals surface area contributed by atoms with Gasteiger partial charge in [0.05, 0.1) is 5.56 Å². The number of ether oxygens (including phenoxy) is 1. The molecule has 3 atom stereocenters. The number of benzene rings is 1. The number of hydrogen-bond acceptors (Lipinski definition) is 4. The normalized spacial score (nSPS) is 21.7. The maximum absolute atomic E-state index is 12.3. The van der Waals surface area contributed by atoms with Gasteiger partial charge in [-0.15, -0.1) is 0 Å². The summed E-state index contributed by atoms with van der Waals surface area (Å²) >= 11 is 0. The first-order chi connectivity index (χ1) is 11.4. The molecule has 2 rings (SSSR count). The lowest BCUT2D eigenvalue weighted by Gasteiger charge is -2.30. The Bertz CT molecular complexity index is 586. The highest BCUT2D eigenvalue weighted by atomic mass is 16.5. The molecule has 1 aromatic rings. The van der Waals surface area contributed by atoms with Gasteiger partial charge in [0.1, 0.15) is 0 Å². The molecule has 1 aliphatic rings. The fraction of sp³-hybridized carbons (Fsp3) is 0.579. The number of esters is 1. The highest BCUT2D eigenvalue weighted by molar-refractivity contribution is 5.93. The van der Waals surface area contributed by atoms with Crippen LogP contribution in [0.5, 0.6) is 0 Å². The summed E-state index contributed by atoms with van der Waals surface area (Å²) in [5.41, 5.74) is 1.37. The smallest absolute Gasteiger partial charge is 0.338 e. The zero-order valence-corrected chi connectivity index (χ0v) is 15.0. The van der Waals surface area contributed by atoms with Gasteiger partial charge in [-0.2, -0.15) is 0 Å². The van der Waals surface area contributed by atoms with Crippen molar-refractivity contribution in [1.29, 1.82) is 0 Å². The predicted octanol–water partition coefficient (Wildman–Crippen LogP) is 2.99. The minimum absolute atomic E-state index is 0.185. The fourth-order valence-electron chi connectivity index (χ4n) is 3.02. The zero-order valence-electron chi connectivity index (χ0n) is 15.0. The Morgan fingerprint density at radius 2 is 1.96 bits per heavy atom. The third kappa shape index (κ3) is 4.73. The minimum Gasteiger partial charge on any atom is -0.449 e. The van der Waals surface area contributed by atoms with Crippen molar-refractivity contribution >= 4 is 17.6 Å². The topological polar surface area (TPSA) is 58.6 Å². The highest BCUT2D eigenvalue weighted by Crippen LogP contribution is 2.24. The first kappa shape index (κ1) is 18.3. The molecule has 1 aromatic carbocycles. The van der Waals surface area contributed by atoms with Crippen LogP contribution in [-0.4, -0.2) is 38.1 Å². The van der Waals surface area contributed by atoms with Crippen LogP contribution in [-0.2, 0) is 9.53 Å². The summed E-state index contributed by atoms with van der Waals surface area (Å²) < 4.78 is 5.34. The molecular formula is C19H28N2O3. The molecule has 0 saturated heterocycles. The van der Waals surface area contributed by atoms with Gasteiger partial charge >= 0.3 is 5.97 Å². The number of rotatable bonds is 5. The summed E-state index contributed by atoms with van der Waals surface area (Å²) in [6, 6.07) is 7.36. The molecular weight excluding hydrogens is 304 g/mol. The van der Waals surface area contributed by atoms with Crippen LogP contribution in [0.15, 0.2) is 24.3 Å². The van der Waals surface area contributed by atoms with Gasteiger partial charge in [-0.1, -0.05) is 25.8 Å². The van der Waals surface area contributed by atoms with E-state index in [1.54, 1.807) is 25.1 Å². The van der Waals surface area contributed by atoms with Gasteiger partial charge in [-0.25, -0.2) is 4.79 Å². The summed E-state index contributed by atoms with van der Waals surface area (Å²) in [4.78, 5) is 26.5. The summed E-state index contributed by atoms with van der Waals surface area (Å²) in [6.07, 6.45) is 3.70. The van der Waals surface area contributed by atoms with Gasteiger partial charge in [-0.05, 0) is 43.9 Å². The van der Waals surface area contributed by atoms with E-state index in [2.05, 4.69) is 12.2 Å². The summed E-state index contributed by atoms with van der Waals surface area (Å²) in [7, 11) is 3.82. The van der Waals surface area contributed by atoms with E-state index in [1.165, 1.54) is 6.42 Å². The van der Waals surface area contributed by atoms with Crippen molar-refractivity contribution in [3.63, 3.8) is 0 Å². The number of carbonyl (C=O) groups excluding carboxylic acids is 2. The van der Waals surface area contributed by atoms with Crippen LogP contribution in [0.1, 0.15) is 49.9 Å². The molecule has 0 unspecified atom stereocenters. The summed E-state index contributed by atoms with van der Waals surface area (Å²) in [5, 5.41) is 3.03. The molecule has 1 fully saturated rings. The molecule has 1 amide bonds. The Morgan fingerprint density at radius 3 is 2.62 bits per heavy atom. The molecule has 0 heterocycles. The SMILES string of the molecule is C[C@@H]1CCCC[C@H]1NC(=O)[C@@H](C)OC(=O)c1cccc(N(C)C)c1. The van der Waals surface area contributed by atoms with Crippen LogP contribution in [0.4, 0.5) is 5.69 Å². The van der Waals surface area contributed by atoms with E-state index in [0.717, 1.165) is 24.9 Å². The lowest BCUT2D eigenvalue weighted by molar-refractivity contribution is -0.130. The second-order valence-electron chi connectivity index (χ2n) is 6.87. The molecule has 1 saturated carbocycles. The maximum atomic E-state index is 12.3. The van der Waals surface area contributed by atoms with Crippen LogP contribution in [0.25, 0.3) is 0 Å². The van der Waals surface area contributed by atoms with E-state index in [0.29, 0.717) is 11.5 Å². The van der Waals surface area contributed by atoms with Crippen molar-refractivity contribution in [3.8, 4) is 0 Å². The van der Waals surface area contributed by atoms with Crippen LogP contribution in [0.2, 0.25) is 0 Å². The quantitative estimate of drug-likeness (QED) is 0.842. The number of hydrogen-bond donors (Lipinski definition) is 1. The summed E-state index contributed by atoms with van der Waals surface area (Å²) in [5.74, 6) is -0.216. The molecule has 5 heteroatoms. The standard InChI is InChI=1S/C19H28N2O3/c1-13-8-5-6-11-17(13)20-18(22)14(2)24-19(23)15-9-7-10-16(12-15)21(3)4/h7,9-10,12-14,17H,5-6,8,11H2,1-4H3,(H,20,22)/t13-,14-,17-/m1/s1. The van der Waals surface area contributed by atoms with Gasteiger partial charge in [0, 0.05) is 25.8 Å². The monoisotopic (exact) mass is 332 g/mol. The number of nitrogens with zero attached hydrogens (tertiary/aromatic N) is 1. The summed E-state index contributed by atoms with van der Waals surface area (Å²) in [6.45, 7) is 3.78. The molecule has 24 heavy (non-hydrogen) atoms. The van der Waals surface area contributed by atoms with E-state index >= 15 is 0 Å². The number of amides is 1. The van der Waals surface area contributed by atoms with E-state index in [-0.39, 0.29) is 11.9 Å². The second-order valence-corrected chi connectivity index (χ2v) is 6.87. The average Bonchev–Trinajstić information content (AvgIpc) is 2.56. The Hall–Kier alpha value is -2.04. The van der Waals surface area contributed by atoms with Crippen LogP contribution in [0.3, 0.4) is 0 Å². The highest BCUT2D eigenvalue weighted by Gasteiger charge is 2.26. The van der Waals surface area contributed by atoms with E-state index in [9.17, 15) is 9.59 Å². The Kier molecular flexibility index (Phi) is 6.23. The Balaban J connectivity index is 1.93. The van der Waals surface area contributed by atoms with Crippen molar-refractivity contribution in [1.82, 2.24) is 5.32 Å². The molecule has 0 spiro atoms. The molecule has 0 aromatic heterocycles. The third-order valence-corrected chi connectivity index (χ3v) is 4.69. The van der Waals surface area contributed by atoms with Gasteiger partial charge in [0.15, 0.2) is 6.10 Å². The molecule has 0 bridgehead atoms. The molecule has 0 radical (unpaired) electrons. The number of anilines is 1. The third-order valence-electron chi connectivity index (χ3n) is 4.69. The molecule has 1 aliphatic carbocycles. The van der Waals surface area contributed by atoms with Gasteiger partial charge in [0.2, 0.25) is 0 Å². The van der Waals surface area contributed by atoms with Crippen LogP contribution in [0, 0.1) is 5.92 Å². The van der Waals surface area contributed by atoms with E-state index in [1.807, 2.05) is 25.1 Å². The first-order valence-electron chi connectivity index (χ1n) is 8.67. The number of nitrogens with one attached hydrogen (secondary N) is 1. The molecule has 0 aliphatic heterocycles. The molecule has 132 valence electrons. The Labute approximate surface area is 144 Å². The van der Waals surface area contributed by atoms with Crippen molar-refractivity contribution in [3.05, 3.63) is 29.8 Å². The molecule has 5 nitrogen and oxygen atoms in total. The van der Waals surface area contributed by atoms with Gasteiger partial charge < -0.3 is 15.0 Å². The second kappa shape index (κ2) is 8.18. The van der Waals surface area contributed by atoms with Gasteiger partial charge in [0.25, 0.3) is 5.91 Å².